The van der Waals surface area contributed by atoms with Crippen LogP contribution < -0.4 is 5.32 Å². The van der Waals surface area contributed by atoms with Gasteiger partial charge in [0.2, 0.25) is 5.91 Å². The number of benzene rings is 2. The van der Waals surface area contributed by atoms with E-state index in [2.05, 4.69) is 64.3 Å². The van der Waals surface area contributed by atoms with E-state index in [4.69, 9.17) is 4.74 Å². The van der Waals surface area contributed by atoms with Gasteiger partial charge in [-0.25, -0.2) is 4.98 Å². The summed E-state index contributed by atoms with van der Waals surface area (Å²) in [6.07, 6.45) is 2.92. The Morgan fingerprint density at radius 1 is 1.03 bits per heavy atom. The molecule has 4 aromatic rings. The number of ether oxygens (including phenoxy) is 1. The zero-order valence-electron chi connectivity index (χ0n) is 18.4. The van der Waals surface area contributed by atoms with Crippen LogP contribution in [0.25, 0.3) is 21.8 Å². The van der Waals surface area contributed by atoms with Gasteiger partial charge in [-0.3, -0.25) is 4.79 Å². The van der Waals surface area contributed by atoms with Crippen molar-refractivity contribution in [3.8, 4) is 0 Å². The van der Waals surface area contributed by atoms with Crippen molar-refractivity contribution in [2.24, 2.45) is 0 Å². The average molecular weight is 429 g/mol. The number of nitrogens with zero attached hydrogens (tertiary/aromatic N) is 3. The van der Waals surface area contributed by atoms with Gasteiger partial charge in [-0.05, 0) is 49.2 Å². The fraction of sp³-hybridized carbons (Fsp3) is 0.308. The highest BCUT2D eigenvalue weighted by molar-refractivity contribution is 6.09. The molecule has 2 aromatic carbocycles. The lowest BCUT2D eigenvalue weighted by atomic mass is 10.1. The molecule has 0 spiro atoms. The molecule has 1 aliphatic rings. The Bertz CT molecular complexity index is 1260. The van der Waals surface area contributed by atoms with Gasteiger partial charge >= 0.3 is 0 Å². The first kappa shape index (κ1) is 20.5. The van der Waals surface area contributed by atoms with Crippen LogP contribution >= 0.6 is 0 Å². The molecule has 3 heterocycles. The highest BCUT2D eigenvalue weighted by Gasteiger charge is 2.17. The highest BCUT2D eigenvalue weighted by atomic mass is 16.5. The standard InChI is InChI=1S/C26H28N4O2/c1-2-30-23-8-4-3-7-21(23)22-18-20(10-11-24(22)30)28-26-19(6-5-13-27-26)9-12-25(31)29-14-16-32-17-15-29/h3-8,10-11,13,18H,2,9,12,14-17H2,1H3,(H,27,28). The van der Waals surface area contributed by atoms with Gasteiger partial charge in [0.15, 0.2) is 0 Å². The molecule has 1 fully saturated rings. The number of amides is 1. The molecular weight excluding hydrogens is 400 g/mol. The van der Waals surface area contributed by atoms with Gasteiger partial charge in [0.1, 0.15) is 5.82 Å². The van der Waals surface area contributed by atoms with Gasteiger partial charge < -0.3 is 19.5 Å². The van der Waals surface area contributed by atoms with E-state index in [9.17, 15) is 4.79 Å². The molecule has 6 heteroatoms. The number of pyridine rings is 1. The number of morpholine rings is 1. The number of anilines is 2. The van der Waals surface area contributed by atoms with E-state index in [1.54, 1.807) is 6.20 Å². The molecule has 0 atom stereocenters. The third-order valence-corrected chi connectivity index (χ3v) is 6.21. The molecule has 1 N–H and O–H groups in total. The van der Waals surface area contributed by atoms with Crippen LogP contribution in [-0.2, 0) is 22.5 Å². The van der Waals surface area contributed by atoms with Crippen molar-refractivity contribution in [2.75, 3.05) is 31.6 Å². The lowest BCUT2D eigenvalue weighted by Crippen LogP contribution is -2.40. The van der Waals surface area contributed by atoms with Crippen molar-refractivity contribution in [3.05, 3.63) is 66.4 Å². The second-order valence-electron chi connectivity index (χ2n) is 8.12. The minimum Gasteiger partial charge on any atom is -0.378 e. The Hall–Kier alpha value is -3.38. The van der Waals surface area contributed by atoms with Gasteiger partial charge in [-0.2, -0.15) is 0 Å². The summed E-state index contributed by atoms with van der Waals surface area (Å²) in [5.41, 5.74) is 4.53. The van der Waals surface area contributed by atoms with Crippen LogP contribution in [0, 0.1) is 0 Å². The van der Waals surface area contributed by atoms with Crippen LogP contribution in [-0.4, -0.2) is 46.7 Å². The summed E-state index contributed by atoms with van der Waals surface area (Å²) in [6, 6.07) is 19.0. The topological polar surface area (TPSA) is 59.4 Å². The van der Waals surface area contributed by atoms with E-state index in [0.717, 1.165) is 23.6 Å². The van der Waals surface area contributed by atoms with Gasteiger partial charge in [0.05, 0.1) is 13.2 Å². The molecule has 0 unspecified atom stereocenters. The maximum atomic E-state index is 12.6. The average Bonchev–Trinajstić information content (AvgIpc) is 3.17. The van der Waals surface area contributed by atoms with Crippen LogP contribution in [0.4, 0.5) is 11.5 Å². The van der Waals surface area contributed by atoms with E-state index in [1.165, 1.54) is 21.8 Å². The van der Waals surface area contributed by atoms with E-state index in [-0.39, 0.29) is 5.91 Å². The Morgan fingerprint density at radius 3 is 2.69 bits per heavy atom. The van der Waals surface area contributed by atoms with Crippen LogP contribution in [0.3, 0.4) is 0 Å². The molecule has 0 saturated carbocycles. The molecular formula is C26H28N4O2. The van der Waals surface area contributed by atoms with Gasteiger partial charge in [-0.15, -0.1) is 0 Å². The van der Waals surface area contributed by atoms with E-state index < -0.39 is 0 Å². The molecule has 32 heavy (non-hydrogen) atoms. The van der Waals surface area contributed by atoms with Crippen LogP contribution in [0.5, 0.6) is 0 Å². The quantitative estimate of drug-likeness (QED) is 0.482. The zero-order valence-corrected chi connectivity index (χ0v) is 18.4. The summed E-state index contributed by atoms with van der Waals surface area (Å²) in [6.45, 7) is 5.73. The van der Waals surface area contributed by atoms with Crippen molar-refractivity contribution in [3.63, 3.8) is 0 Å². The molecule has 6 nitrogen and oxygen atoms in total. The smallest absolute Gasteiger partial charge is 0.223 e. The molecule has 1 amide bonds. The van der Waals surface area contributed by atoms with Crippen LogP contribution in [0.2, 0.25) is 0 Å². The number of hydrogen-bond acceptors (Lipinski definition) is 4. The number of rotatable bonds is 6. The van der Waals surface area contributed by atoms with Crippen LogP contribution in [0.15, 0.2) is 60.8 Å². The van der Waals surface area contributed by atoms with Crippen molar-refractivity contribution in [2.45, 2.75) is 26.3 Å². The maximum absolute atomic E-state index is 12.6. The maximum Gasteiger partial charge on any atom is 0.223 e. The number of para-hydroxylation sites is 1. The fourth-order valence-corrected chi connectivity index (χ4v) is 4.57. The molecule has 5 rings (SSSR count). The largest absolute Gasteiger partial charge is 0.378 e. The SMILES string of the molecule is CCn1c2ccccc2c2cc(Nc3ncccc3CCC(=O)N3CCOCC3)ccc21. The molecule has 0 radical (unpaired) electrons. The first-order valence-electron chi connectivity index (χ1n) is 11.3. The predicted molar refractivity (Wildman–Crippen MR) is 128 cm³/mol. The second-order valence-corrected chi connectivity index (χ2v) is 8.12. The zero-order chi connectivity index (χ0) is 21.9. The number of fused-ring (bicyclic) bond motifs is 3. The molecule has 0 aliphatic carbocycles. The minimum atomic E-state index is 0.178. The number of aromatic nitrogens is 2. The number of hydrogen-bond donors (Lipinski definition) is 1. The van der Waals surface area contributed by atoms with Crippen LogP contribution in [0.1, 0.15) is 18.9 Å². The number of nitrogens with one attached hydrogen (secondary N) is 1. The highest BCUT2D eigenvalue weighted by Crippen LogP contribution is 2.32. The Balaban J connectivity index is 1.38. The van der Waals surface area contributed by atoms with Crippen molar-refractivity contribution < 1.29 is 9.53 Å². The molecule has 164 valence electrons. The number of carbonyl (C=O) groups excluding carboxylic acids is 1. The summed E-state index contributed by atoms with van der Waals surface area (Å²) in [7, 11) is 0. The first-order chi connectivity index (χ1) is 15.7. The van der Waals surface area contributed by atoms with Crippen molar-refractivity contribution in [1.82, 2.24) is 14.5 Å². The Kier molecular flexibility index (Phi) is 5.77. The molecule has 0 bridgehead atoms. The monoisotopic (exact) mass is 428 g/mol. The Morgan fingerprint density at radius 2 is 1.84 bits per heavy atom. The second kappa shape index (κ2) is 9.01. The molecule has 2 aromatic heterocycles. The lowest BCUT2D eigenvalue weighted by Gasteiger charge is -2.27. The summed E-state index contributed by atoms with van der Waals surface area (Å²) in [5, 5.41) is 5.98. The predicted octanol–water partition coefficient (Wildman–Crippen LogP) is 4.74. The summed E-state index contributed by atoms with van der Waals surface area (Å²) in [4.78, 5) is 19.0. The molecule has 1 aliphatic heterocycles. The summed E-state index contributed by atoms with van der Waals surface area (Å²) in [5.74, 6) is 0.984. The van der Waals surface area contributed by atoms with E-state index in [1.807, 2.05) is 17.0 Å². The fourth-order valence-electron chi connectivity index (χ4n) is 4.57. The normalized spacial score (nSPS) is 14.2. The minimum absolute atomic E-state index is 0.178. The number of aryl methyl sites for hydroxylation is 2. The van der Waals surface area contributed by atoms with Gasteiger partial charge in [-0.1, -0.05) is 24.3 Å². The van der Waals surface area contributed by atoms with Crippen molar-refractivity contribution in [1.29, 1.82) is 0 Å². The van der Waals surface area contributed by atoms with Crippen molar-refractivity contribution >= 4 is 39.2 Å². The summed E-state index contributed by atoms with van der Waals surface area (Å²) < 4.78 is 7.69. The van der Waals surface area contributed by atoms with E-state index >= 15 is 0 Å². The summed E-state index contributed by atoms with van der Waals surface area (Å²) >= 11 is 0. The first-order valence-corrected chi connectivity index (χ1v) is 11.3. The molecule has 1 saturated heterocycles. The van der Waals surface area contributed by atoms with Gasteiger partial charge in [0.25, 0.3) is 0 Å². The number of carbonyl (C=O) groups is 1. The third-order valence-electron chi connectivity index (χ3n) is 6.21. The lowest BCUT2D eigenvalue weighted by molar-refractivity contribution is -0.135. The third kappa shape index (κ3) is 3.94. The van der Waals surface area contributed by atoms with E-state index in [0.29, 0.717) is 39.1 Å². The van der Waals surface area contributed by atoms with Gasteiger partial charge in [0, 0.05) is 59.7 Å². The Labute approximate surface area is 187 Å².